The fourth-order valence-electron chi connectivity index (χ4n) is 3.77. The van der Waals surface area contributed by atoms with Crippen LogP contribution in [0.3, 0.4) is 0 Å². The molecule has 2 aliphatic rings. The van der Waals surface area contributed by atoms with Gasteiger partial charge in [-0.3, -0.25) is 4.79 Å². The molecule has 3 rings (SSSR count). The molecule has 0 amide bonds. The van der Waals surface area contributed by atoms with Crippen molar-refractivity contribution < 1.29 is 4.79 Å². The highest BCUT2D eigenvalue weighted by molar-refractivity contribution is 5.91. The van der Waals surface area contributed by atoms with Crippen molar-refractivity contribution in [3.63, 3.8) is 0 Å². The number of allylic oxidation sites excluding steroid dienone is 2. The minimum atomic E-state index is 0.248. The third-order valence-corrected chi connectivity index (χ3v) is 4.78. The summed E-state index contributed by atoms with van der Waals surface area (Å²) in [4.78, 5) is 11.7. The highest BCUT2D eigenvalue weighted by Crippen LogP contribution is 2.44. The molecule has 106 valence electrons. The number of rotatable bonds is 3. The lowest BCUT2D eigenvalue weighted by Crippen LogP contribution is -2.41. The minimum Gasteiger partial charge on any atom is -0.310 e. The van der Waals surface area contributed by atoms with E-state index in [-0.39, 0.29) is 5.41 Å². The zero-order valence-corrected chi connectivity index (χ0v) is 12.0. The van der Waals surface area contributed by atoms with Gasteiger partial charge in [-0.2, -0.15) is 0 Å². The van der Waals surface area contributed by atoms with E-state index in [9.17, 15) is 4.79 Å². The van der Waals surface area contributed by atoms with Gasteiger partial charge in [-0.1, -0.05) is 42.8 Å². The lowest BCUT2D eigenvalue weighted by atomic mass is 9.65. The molecule has 2 atom stereocenters. The van der Waals surface area contributed by atoms with Crippen molar-refractivity contribution in [3.05, 3.63) is 48.0 Å². The molecular formula is C18H23NO. The summed E-state index contributed by atoms with van der Waals surface area (Å²) < 4.78 is 0. The Hall–Kier alpha value is -1.41. The Balaban J connectivity index is 1.58. The SMILES string of the molecule is O=C1C=CCC2(CCCC(NCc3ccccc3)C2)C1. The van der Waals surface area contributed by atoms with Crippen molar-refractivity contribution in [2.75, 3.05) is 0 Å². The zero-order chi connectivity index (χ0) is 13.8. The number of hydrogen-bond donors (Lipinski definition) is 1. The van der Waals surface area contributed by atoms with Gasteiger partial charge in [-0.25, -0.2) is 0 Å². The topological polar surface area (TPSA) is 29.1 Å². The van der Waals surface area contributed by atoms with Crippen LogP contribution in [-0.2, 0) is 11.3 Å². The van der Waals surface area contributed by atoms with Gasteiger partial charge in [-0.15, -0.1) is 0 Å². The van der Waals surface area contributed by atoms with Crippen molar-refractivity contribution in [3.8, 4) is 0 Å². The molecule has 1 aromatic rings. The van der Waals surface area contributed by atoms with E-state index < -0.39 is 0 Å². The number of carbonyl (C=O) groups excluding carboxylic acids is 1. The molecule has 1 N–H and O–H groups in total. The summed E-state index contributed by atoms with van der Waals surface area (Å²) in [5, 5.41) is 3.69. The molecule has 20 heavy (non-hydrogen) atoms. The second-order valence-corrected chi connectivity index (χ2v) is 6.41. The van der Waals surface area contributed by atoms with E-state index in [1.54, 1.807) is 6.08 Å². The van der Waals surface area contributed by atoms with Crippen LogP contribution in [0.4, 0.5) is 0 Å². The maximum absolute atomic E-state index is 11.7. The monoisotopic (exact) mass is 269 g/mol. The van der Waals surface area contributed by atoms with E-state index in [0.717, 1.165) is 25.8 Å². The Morgan fingerprint density at radius 2 is 2.10 bits per heavy atom. The van der Waals surface area contributed by atoms with Crippen molar-refractivity contribution in [2.45, 2.75) is 51.1 Å². The zero-order valence-electron chi connectivity index (χ0n) is 12.0. The molecule has 1 saturated carbocycles. The van der Waals surface area contributed by atoms with E-state index in [1.165, 1.54) is 24.8 Å². The first-order chi connectivity index (χ1) is 9.76. The van der Waals surface area contributed by atoms with Gasteiger partial charge >= 0.3 is 0 Å². The van der Waals surface area contributed by atoms with Crippen molar-refractivity contribution in [1.82, 2.24) is 5.32 Å². The van der Waals surface area contributed by atoms with E-state index in [1.807, 2.05) is 0 Å². The Bertz CT molecular complexity index is 493. The average Bonchev–Trinajstić information content (AvgIpc) is 2.46. The summed E-state index contributed by atoms with van der Waals surface area (Å²) in [6, 6.07) is 11.1. The Labute approximate surface area is 121 Å². The largest absolute Gasteiger partial charge is 0.310 e. The van der Waals surface area contributed by atoms with E-state index in [0.29, 0.717) is 11.8 Å². The molecule has 1 spiro atoms. The van der Waals surface area contributed by atoms with Crippen molar-refractivity contribution in [1.29, 1.82) is 0 Å². The molecule has 0 radical (unpaired) electrons. The van der Waals surface area contributed by atoms with Crippen LogP contribution in [0.2, 0.25) is 0 Å². The van der Waals surface area contributed by atoms with Crippen LogP contribution in [0, 0.1) is 5.41 Å². The molecule has 0 aliphatic heterocycles. The number of benzene rings is 1. The normalized spacial score (nSPS) is 29.8. The van der Waals surface area contributed by atoms with Crippen LogP contribution in [0.25, 0.3) is 0 Å². The average molecular weight is 269 g/mol. The third-order valence-electron chi connectivity index (χ3n) is 4.78. The molecule has 0 saturated heterocycles. The third kappa shape index (κ3) is 3.18. The van der Waals surface area contributed by atoms with Gasteiger partial charge in [-0.05, 0) is 42.7 Å². The predicted octanol–water partition coefficient (Wildman–Crippen LogP) is 3.62. The van der Waals surface area contributed by atoms with Crippen molar-refractivity contribution in [2.24, 2.45) is 5.41 Å². The lowest BCUT2D eigenvalue weighted by molar-refractivity contribution is -0.118. The molecule has 2 nitrogen and oxygen atoms in total. The van der Waals surface area contributed by atoms with Crippen LogP contribution in [0.5, 0.6) is 0 Å². The molecule has 1 aromatic carbocycles. The van der Waals surface area contributed by atoms with Crippen LogP contribution >= 0.6 is 0 Å². The van der Waals surface area contributed by atoms with Gasteiger partial charge in [0.25, 0.3) is 0 Å². The molecule has 0 bridgehead atoms. The molecule has 2 aliphatic carbocycles. The van der Waals surface area contributed by atoms with Crippen LogP contribution in [0.1, 0.15) is 44.1 Å². The highest BCUT2D eigenvalue weighted by Gasteiger charge is 2.38. The quantitative estimate of drug-likeness (QED) is 0.908. The maximum atomic E-state index is 11.7. The first-order valence-electron chi connectivity index (χ1n) is 7.73. The summed E-state index contributed by atoms with van der Waals surface area (Å²) in [5.74, 6) is 0.319. The van der Waals surface area contributed by atoms with Gasteiger partial charge in [0.1, 0.15) is 0 Å². The summed E-state index contributed by atoms with van der Waals surface area (Å²) in [6.07, 6.45) is 10.6. The van der Waals surface area contributed by atoms with Gasteiger partial charge in [0.2, 0.25) is 0 Å². The maximum Gasteiger partial charge on any atom is 0.155 e. The second kappa shape index (κ2) is 5.92. The Morgan fingerprint density at radius 1 is 1.25 bits per heavy atom. The second-order valence-electron chi connectivity index (χ2n) is 6.41. The first kappa shape index (κ1) is 13.6. The summed E-state index contributed by atoms with van der Waals surface area (Å²) in [6.45, 7) is 0.936. The fourth-order valence-corrected chi connectivity index (χ4v) is 3.77. The van der Waals surface area contributed by atoms with E-state index >= 15 is 0 Å². The standard InChI is InChI=1S/C18H23NO/c20-17-9-5-11-18(13-17)10-4-8-16(12-18)19-14-15-6-2-1-3-7-15/h1-3,5-7,9,16,19H,4,8,10-14H2. The summed E-state index contributed by atoms with van der Waals surface area (Å²) in [5.41, 5.74) is 1.59. The molecule has 2 heteroatoms. The molecule has 0 heterocycles. The molecule has 1 fully saturated rings. The molecule has 2 unspecified atom stereocenters. The van der Waals surface area contributed by atoms with Crippen LogP contribution in [-0.4, -0.2) is 11.8 Å². The van der Waals surface area contributed by atoms with Crippen LogP contribution in [0.15, 0.2) is 42.5 Å². The van der Waals surface area contributed by atoms with Gasteiger partial charge in [0.15, 0.2) is 5.78 Å². The number of nitrogens with one attached hydrogen (secondary N) is 1. The van der Waals surface area contributed by atoms with E-state index in [4.69, 9.17) is 0 Å². The van der Waals surface area contributed by atoms with Crippen molar-refractivity contribution >= 4 is 5.78 Å². The Morgan fingerprint density at radius 3 is 2.90 bits per heavy atom. The van der Waals surface area contributed by atoms with Gasteiger partial charge in [0.05, 0.1) is 0 Å². The first-order valence-corrected chi connectivity index (χ1v) is 7.73. The number of hydrogen-bond acceptors (Lipinski definition) is 2. The Kier molecular flexibility index (Phi) is 4.02. The lowest BCUT2D eigenvalue weighted by Gasteiger charge is -2.41. The van der Waals surface area contributed by atoms with Gasteiger partial charge in [0, 0.05) is 19.0 Å². The van der Waals surface area contributed by atoms with Gasteiger partial charge < -0.3 is 5.32 Å². The fraction of sp³-hybridized carbons (Fsp3) is 0.500. The molecule has 0 aromatic heterocycles. The summed E-state index contributed by atoms with van der Waals surface area (Å²) in [7, 11) is 0. The summed E-state index contributed by atoms with van der Waals surface area (Å²) >= 11 is 0. The van der Waals surface area contributed by atoms with Crippen LogP contribution < -0.4 is 5.32 Å². The molecular weight excluding hydrogens is 246 g/mol. The van der Waals surface area contributed by atoms with E-state index in [2.05, 4.69) is 41.7 Å². The predicted molar refractivity (Wildman–Crippen MR) is 81.4 cm³/mol. The number of carbonyl (C=O) groups is 1. The minimum absolute atomic E-state index is 0.248. The number of ketones is 1. The smallest absolute Gasteiger partial charge is 0.155 e. The highest BCUT2D eigenvalue weighted by atomic mass is 16.1.